The largest absolute Gasteiger partial charge is 0.487 e. The van der Waals surface area contributed by atoms with Crippen molar-refractivity contribution >= 4 is 16.6 Å². The standard InChI is InChI=1S/C20H18F5N3O3/c21-19(22,20(23,24)25)12-31-16-3-1-2-13(8-16)10-26-7-6-14-11-27-18-9-15(28(29)30)4-5-17(14)18/h1-5,8-9,11,26-27H,6-7,10,12H2. The molecule has 0 unspecified atom stereocenters. The molecule has 0 aliphatic rings. The first kappa shape index (κ1) is 22.5. The molecule has 6 nitrogen and oxygen atoms in total. The molecule has 3 rings (SSSR count). The number of nitrogens with zero attached hydrogens (tertiary/aromatic N) is 1. The molecular weight excluding hydrogens is 425 g/mol. The van der Waals surface area contributed by atoms with Crippen molar-refractivity contribution in [3.05, 3.63) is 69.9 Å². The minimum atomic E-state index is -5.67. The zero-order valence-electron chi connectivity index (χ0n) is 16.0. The summed E-state index contributed by atoms with van der Waals surface area (Å²) in [5.74, 6) is -5.01. The number of halogens is 5. The molecule has 0 spiro atoms. The minimum absolute atomic E-state index is 0.00544. The molecule has 2 N–H and O–H groups in total. The van der Waals surface area contributed by atoms with E-state index in [1.807, 2.05) is 0 Å². The van der Waals surface area contributed by atoms with E-state index < -0.39 is 23.6 Å². The Balaban J connectivity index is 1.52. The van der Waals surface area contributed by atoms with Crippen molar-refractivity contribution in [1.82, 2.24) is 10.3 Å². The third-order valence-corrected chi connectivity index (χ3v) is 4.60. The Morgan fingerprint density at radius 2 is 1.87 bits per heavy atom. The Kier molecular flexibility index (Phi) is 6.44. The summed E-state index contributed by atoms with van der Waals surface area (Å²) in [5, 5.41) is 14.9. The zero-order valence-corrected chi connectivity index (χ0v) is 16.0. The van der Waals surface area contributed by atoms with Crippen molar-refractivity contribution in [2.75, 3.05) is 13.2 Å². The Labute approximate surface area is 173 Å². The molecule has 0 bridgehead atoms. The Morgan fingerprint density at radius 1 is 1.10 bits per heavy atom. The third kappa shape index (κ3) is 5.48. The highest BCUT2D eigenvalue weighted by Gasteiger charge is 2.58. The van der Waals surface area contributed by atoms with E-state index in [2.05, 4.69) is 15.0 Å². The van der Waals surface area contributed by atoms with E-state index >= 15 is 0 Å². The lowest BCUT2D eigenvalue weighted by atomic mass is 10.1. The Morgan fingerprint density at radius 3 is 2.58 bits per heavy atom. The van der Waals surface area contributed by atoms with Crippen LogP contribution in [0.1, 0.15) is 11.1 Å². The predicted octanol–water partition coefficient (Wildman–Crippen LogP) is 4.98. The van der Waals surface area contributed by atoms with Crippen molar-refractivity contribution in [2.45, 2.75) is 25.1 Å². The van der Waals surface area contributed by atoms with Crippen LogP contribution in [0.15, 0.2) is 48.7 Å². The van der Waals surface area contributed by atoms with E-state index in [-0.39, 0.29) is 11.4 Å². The summed E-state index contributed by atoms with van der Waals surface area (Å²) >= 11 is 0. The zero-order chi connectivity index (χ0) is 22.6. The number of nitro benzene ring substituents is 1. The van der Waals surface area contributed by atoms with E-state index in [1.54, 1.807) is 18.3 Å². The Hall–Kier alpha value is -3.21. The van der Waals surface area contributed by atoms with Gasteiger partial charge in [-0.2, -0.15) is 22.0 Å². The lowest BCUT2D eigenvalue weighted by Gasteiger charge is -2.20. The first-order valence-corrected chi connectivity index (χ1v) is 9.18. The van der Waals surface area contributed by atoms with Gasteiger partial charge in [0.05, 0.1) is 10.4 Å². The van der Waals surface area contributed by atoms with Gasteiger partial charge in [-0.3, -0.25) is 10.1 Å². The third-order valence-electron chi connectivity index (χ3n) is 4.60. The Bertz CT molecular complexity index is 1070. The number of H-pyrrole nitrogens is 1. The maximum absolute atomic E-state index is 13.0. The van der Waals surface area contributed by atoms with Crippen LogP contribution in [0.2, 0.25) is 0 Å². The summed E-state index contributed by atoms with van der Waals surface area (Å²) in [6.45, 7) is -0.895. The molecule has 0 fully saturated rings. The molecule has 0 saturated carbocycles. The maximum atomic E-state index is 13.0. The summed E-state index contributed by atoms with van der Waals surface area (Å²) < 4.78 is 67.2. The lowest BCUT2D eigenvalue weighted by Crippen LogP contribution is -2.41. The molecule has 0 radical (unpaired) electrons. The molecule has 1 aromatic heterocycles. The van der Waals surface area contributed by atoms with Crippen molar-refractivity contribution in [3.63, 3.8) is 0 Å². The van der Waals surface area contributed by atoms with Crippen LogP contribution in [0.3, 0.4) is 0 Å². The molecule has 166 valence electrons. The van der Waals surface area contributed by atoms with Crippen LogP contribution in [0.5, 0.6) is 5.75 Å². The summed E-state index contributed by atoms with van der Waals surface area (Å²) in [4.78, 5) is 13.4. The molecular formula is C20H18F5N3O3. The van der Waals surface area contributed by atoms with E-state index in [0.29, 0.717) is 30.6 Å². The fourth-order valence-corrected chi connectivity index (χ4v) is 2.95. The number of rotatable bonds is 9. The highest BCUT2D eigenvalue weighted by atomic mass is 19.4. The van der Waals surface area contributed by atoms with E-state index in [1.165, 1.54) is 30.3 Å². The quantitative estimate of drug-likeness (QED) is 0.212. The van der Waals surface area contributed by atoms with Crippen molar-refractivity contribution < 1.29 is 31.6 Å². The monoisotopic (exact) mass is 443 g/mol. The number of nitro groups is 1. The van der Waals surface area contributed by atoms with Crippen LogP contribution in [0.25, 0.3) is 10.9 Å². The number of benzene rings is 2. The number of nitrogens with one attached hydrogen (secondary N) is 2. The van der Waals surface area contributed by atoms with Gasteiger partial charge in [-0.1, -0.05) is 12.1 Å². The minimum Gasteiger partial charge on any atom is -0.487 e. The first-order chi connectivity index (χ1) is 14.6. The fourth-order valence-electron chi connectivity index (χ4n) is 2.95. The second-order valence-electron chi connectivity index (χ2n) is 6.87. The average Bonchev–Trinajstić information content (AvgIpc) is 3.11. The number of aromatic amines is 1. The van der Waals surface area contributed by atoms with Crippen molar-refractivity contribution in [2.24, 2.45) is 0 Å². The fraction of sp³-hybridized carbons (Fsp3) is 0.300. The van der Waals surface area contributed by atoms with Crippen LogP contribution >= 0.6 is 0 Å². The van der Waals surface area contributed by atoms with Gasteiger partial charge in [0.25, 0.3) is 5.69 Å². The second-order valence-corrected chi connectivity index (χ2v) is 6.87. The van der Waals surface area contributed by atoms with Gasteiger partial charge in [-0.05, 0) is 42.3 Å². The predicted molar refractivity (Wildman–Crippen MR) is 103 cm³/mol. The van der Waals surface area contributed by atoms with Crippen LogP contribution in [0.4, 0.5) is 27.6 Å². The average molecular weight is 443 g/mol. The van der Waals surface area contributed by atoms with Gasteiger partial charge >= 0.3 is 12.1 Å². The topological polar surface area (TPSA) is 80.2 Å². The number of hydrogen-bond donors (Lipinski definition) is 2. The molecule has 11 heteroatoms. The summed E-state index contributed by atoms with van der Waals surface area (Å²) in [6, 6.07) is 10.5. The molecule has 0 aliphatic carbocycles. The normalized spacial score (nSPS) is 12.3. The molecule has 3 aromatic rings. The van der Waals surface area contributed by atoms with Gasteiger partial charge in [-0.15, -0.1) is 0 Å². The molecule has 0 atom stereocenters. The lowest BCUT2D eigenvalue weighted by molar-refractivity contribution is -0.384. The number of fused-ring (bicyclic) bond motifs is 1. The van der Waals surface area contributed by atoms with Crippen LogP contribution in [-0.4, -0.2) is 35.2 Å². The molecule has 0 saturated heterocycles. The van der Waals surface area contributed by atoms with Gasteiger partial charge in [0.1, 0.15) is 5.75 Å². The maximum Gasteiger partial charge on any atom is 0.456 e. The number of alkyl halides is 5. The van der Waals surface area contributed by atoms with Crippen LogP contribution in [0, 0.1) is 10.1 Å². The molecule has 0 amide bonds. The summed E-state index contributed by atoms with van der Waals surface area (Å²) in [5.41, 5.74) is 2.27. The van der Waals surface area contributed by atoms with Crippen molar-refractivity contribution in [3.8, 4) is 5.75 Å². The van der Waals surface area contributed by atoms with E-state index in [0.717, 1.165) is 10.9 Å². The van der Waals surface area contributed by atoms with Gasteiger partial charge in [0.15, 0.2) is 6.61 Å². The number of aromatic nitrogens is 1. The molecule has 2 aromatic carbocycles. The van der Waals surface area contributed by atoms with Gasteiger partial charge < -0.3 is 15.0 Å². The molecule has 1 heterocycles. The summed E-state index contributed by atoms with van der Waals surface area (Å²) in [7, 11) is 0. The number of non-ortho nitro benzene ring substituents is 1. The molecule has 0 aliphatic heterocycles. The van der Waals surface area contributed by atoms with Gasteiger partial charge in [0.2, 0.25) is 0 Å². The highest BCUT2D eigenvalue weighted by Crippen LogP contribution is 2.35. The van der Waals surface area contributed by atoms with E-state index in [9.17, 15) is 32.1 Å². The smallest absolute Gasteiger partial charge is 0.456 e. The van der Waals surface area contributed by atoms with E-state index in [4.69, 9.17) is 0 Å². The number of ether oxygens (including phenoxy) is 1. The first-order valence-electron chi connectivity index (χ1n) is 9.18. The van der Waals surface area contributed by atoms with Crippen molar-refractivity contribution in [1.29, 1.82) is 0 Å². The van der Waals surface area contributed by atoms with Gasteiger partial charge in [-0.25, -0.2) is 0 Å². The SMILES string of the molecule is O=[N+]([O-])c1ccc2c(CCNCc3cccc(OCC(F)(F)C(F)(F)F)c3)c[nH]c2c1. The van der Waals surface area contributed by atoms with Crippen LogP contribution < -0.4 is 10.1 Å². The summed E-state index contributed by atoms with van der Waals surface area (Å²) in [6.07, 6.45) is -3.28. The number of hydrogen-bond acceptors (Lipinski definition) is 4. The second kappa shape index (κ2) is 8.88. The highest BCUT2D eigenvalue weighted by molar-refractivity contribution is 5.85. The van der Waals surface area contributed by atoms with Crippen LogP contribution in [-0.2, 0) is 13.0 Å². The molecule has 31 heavy (non-hydrogen) atoms. The van der Waals surface area contributed by atoms with Gasteiger partial charge in [0, 0.05) is 30.3 Å².